The lowest BCUT2D eigenvalue weighted by molar-refractivity contribution is -0.154. The van der Waals surface area contributed by atoms with Gasteiger partial charge in [-0.15, -0.1) is 0 Å². The molecule has 0 bridgehead atoms. The van der Waals surface area contributed by atoms with Gasteiger partial charge in [-0.3, -0.25) is 9.59 Å². The van der Waals surface area contributed by atoms with Crippen LogP contribution < -0.4 is 11.1 Å². The first-order chi connectivity index (χ1) is 16.7. The summed E-state index contributed by atoms with van der Waals surface area (Å²) in [5.74, 6) is -0.0348. The highest BCUT2D eigenvalue weighted by Gasteiger charge is 2.24. The SMILES string of the molecule is CCCCCCCCCCCCC(=O)NC(CCSSCCC(N)C(=O)O)C(=O)OC(C)C(C)C. The zero-order chi connectivity index (χ0) is 26.5. The number of hydrogen-bond donors (Lipinski definition) is 3. The number of nitrogens with two attached hydrogens (primary N) is 1. The van der Waals surface area contributed by atoms with E-state index in [1.165, 1.54) is 55.7 Å². The summed E-state index contributed by atoms with van der Waals surface area (Å²) in [7, 11) is 3.08. The Morgan fingerprint density at radius 3 is 1.89 bits per heavy atom. The standard InChI is InChI=1S/C26H50N2O5S2/c1-5-6-7-8-9-10-11-12-13-14-15-24(29)28-23(26(32)33-21(4)20(2)3)17-19-35-34-18-16-22(27)25(30)31/h20-23H,5-19,27H2,1-4H3,(H,28,29)(H,30,31). The lowest BCUT2D eigenvalue weighted by atomic mass is 10.1. The van der Waals surface area contributed by atoms with Gasteiger partial charge in [0.2, 0.25) is 5.91 Å². The fourth-order valence-electron chi connectivity index (χ4n) is 3.27. The van der Waals surface area contributed by atoms with Gasteiger partial charge < -0.3 is 20.9 Å². The summed E-state index contributed by atoms with van der Waals surface area (Å²) in [4.78, 5) is 35.9. The van der Waals surface area contributed by atoms with Gasteiger partial charge in [0.1, 0.15) is 18.2 Å². The molecule has 0 aliphatic heterocycles. The summed E-state index contributed by atoms with van der Waals surface area (Å²) < 4.78 is 5.56. The highest BCUT2D eigenvalue weighted by molar-refractivity contribution is 8.76. The average molecular weight is 535 g/mol. The quantitative estimate of drug-likeness (QED) is 0.0837. The van der Waals surface area contributed by atoms with Gasteiger partial charge in [0, 0.05) is 17.9 Å². The maximum atomic E-state index is 12.7. The molecule has 0 aromatic heterocycles. The summed E-state index contributed by atoms with van der Waals surface area (Å²) in [5.41, 5.74) is 5.51. The number of nitrogens with one attached hydrogen (secondary N) is 1. The molecule has 206 valence electrons. The van der Waals surface area contributed by atoms with Gasteiger partial charge in [-0.05, 0) is 32.1 Å². The van der Waals surface area contributed by atoms with E-state index >= 15 is 0 Å². The van der Waals surface area contributed by atoms with E-state index in [1.807, 2.05) is 20.8 Å². The monoisotopic (exact) mass is 534 g/mol. The first kappa shape index (κ1) is 34.1. The highest BCUT2D eigenvalue weighted by Crippen LogP contribution is 2.24. The van der Waals surface area contributed by atoms with Gasteiger partial charge in [-0.1, -0.05) is 100 Å². The van der Waals surface area contributed by atoms with Crippen LogP contribution in [0.25, 0.3) is 0 Å². The van der Waals surface area contributed by atoms with Gasteiger partial charge in [0.05, 0.1) is 0 Å². The largest absolute Gasteiger partial charge is 0.480 e. The first-order valence-corrected chi connectivity index (χ1v) is 15.9. The van der Waals surface area contributed by atoms with Crippen LogP contribution in [-0.2, 0) is 19.1 Å². The molecule has 0 fully saturated rings. The highest BCUT2D eigenvalue weighted by atomic mass is 33.1. The maximum Gasteiger partial charge on any atom is 0.328 e. The Kier molecular flexibility index (Phi) is 21.7. The van der Waals surface area contributed by atoms with Gasteiger partial charge in [0.25, 0.3) is 0 Å². The predicted octanol–water partition coefficient (Wildman–Crippen LogP) is 5.94. The normalized spacial score (nSPS) is 13.9. The molecule has 0 aliphatic carbocycles. The van der Waals surface area contributed by atoms with E-state index in [4.69, 9.17) is 15.6 Å². The molecule has 0 saturated heterocycles. The summed E-state index contributed by atoms with van der Waals surface area (Å²) in [5, 5.41) is 11.7. The van der Waals surface area contributed by atoms with E-state index in [0.29, 0.717) is 30.8 Å². The molecular formula is C26H50N2O5S2. The third-order valence-electron chi connectivity index (χ3n) is 6.02. The maximum absolute atomic E-state index is 12.7. The Bertz CT molecular complexity index is 578. The number of unbranched alkanes of at least 4 members (excludes halogenated alkanes) is 9. The fraction of sp³-hybridized carbons (Fsp3) is 0.885. The Morgan fingerprint density at radius 1 is 0.857 bits per heavy atom. The predicted molar refractivity (Wildman–Crippen MR) is 149 cm³/mol. The molecule has 3 atom stereocenters. The van der Waals surface area contributed by atoms with Crippen LogP contribution in [0.15, 0.2) is 0 Å². The minimum Gasteiger partial charge on any atom is -0.480 e. The van der Waals surface area contributed by atoms with Gasteiger partial charge >= 0.3 is 11.9 Å². The van der Waals surface area contributed by atoms with Crippen molar-refractivity contribution in [3.8, 4) is 0 Å². The van der Waals surface area contributed by atoms with Crippen LogP contribution in [0.2, 0.25) is 0 Å². The second-order valence-electron chi connectivity index (χ2n) is 9.60. The molecule has 35 heavy (non-hydrogen) atoms. The number of esters is 1. The van der Waals surface area contributed by atoms with E-state index < -0.39 is 18.1 Å². The molecule has 0 saturated carbocycles. The molecule has 0 radical (unpaired) electrons. The number of rotatable bonds is 23. The van der Waals surface area contributed by atoms with Crippen molar-refractivity contribution in [2.45, 2.75) is 129 Å². The molecule has 9 heteroatoms. The van der Waals surface area contributed by atoms with Crippen molar-refractivity contribution in [2.75, 3.05) is 11.5 Å². The molecule has 0 rings (SSSR count). The molecule has 0 aliphatic rings. The minimum atomic E-state index is -0.997. The van der Waals surface area contributed by atoms with Crippen LogP contribution in [-0.4, -0.2) is 52.6 Å². The van der Waals surface area contributed by atoms with Crippen LogP contribution in [0, 0.1) is 5.92 Å². The Morgan fingerprint density at radius 2 is 1.37 bits per heavy atom. The van der Waals surface area contributed by atoms with Crippen molar-refractivity contribution in [1.82, 2.24) is 5.32 Å². The van der Waals surface area contributed by atoms with E-state index in [0.717, 1.165) is 19.3 Å². The second kappa shape index (κ2) is 22.3. The molecule has 1 amide bonds. The fourth-order valence-corrected chi connectivity index (χ4v) is 5.47. The van der Waals surface area contributed by atoms with E-state index in [9.17, 15) is 14.4 Å². The Balaban J connectivity index is 4.30. The zero-order valence-electron chi connectivity index (χ0n) is 22.4. The summed E-state index contributed by atoms with van der Waals surface area (Å²) in [6.45, 7) is 8.08. The third kappa shape index (κ3) is 19.9. The number of hydrogen-bond acceptors (Lipinski definition) is 7. The lowest BCUT2D eigenvalue weighted by Crippen LogP contribution is -2.43. The summed E-state index contributed by atoms with van der Waals surface area (Å²) in [6, 6.07) is -1.52. The number of carboxylic acids is 1. The number of ether oxygens (including phenoxy) is 1. The summed E-state index contributed by atoms with van der Waals surface area (Å²) >= 11 is 0. The second-order valence-corrected chi connectivity index (χ2v) is 12.3. The number of carbonyl (C=O) groups excluding carboxylic acids is 2. The lowest BCUT2D eigenvalue weighted by Gasteiger charge is -2.22. The number of amides is 1. The van der Waals surface area contributed by atoms with Gasteiger partial charge in [-0.25, -0.2) is 4.79 Å². The van der Waals surface area contributed by atoms with E-state index in [1.54, 1.807) is 10.8 Å². The molecule has 7 nitrogen and oxygen atoms in total. The first-order valence-electron chi connectivity index (χ1n) is 13.4. The Labute approximate surface area is 221 Å². The van der Waals surface area contributed by atoms with Crippen LogP contribution in [0.4, 0.5) is 0 Å². The number of carbonyl (C=O) groups is 3. The van der Waals surface area contributed by atoms with Crippen molar-refractivity contribution in [1.29, 1.82) is 0 Å². The molecule has 0 heterocycles. The van der Waals surface area contributed by atoms with Gasteiger partial charge in [-0.2, -0.15) is 0 Å². The number of carboxylic acid groups (broad SMARTS) is 1. The molecule has 4 N–H and O–H groups in total. The molecule has 0 aromatic rings. The topological polar surface area (TPSA) is 119 Å². The van der Waals surface area contributed by atoms with E-state index in [2.05, 4.69) is 12.2 Å². The van der Waals surface area contributed by atoms with Crippen LogP contribution in [0.3, 0.4) is 0 Å². The van der Waals surface area contributed by atoms with Crippen molar-refractivity contribution in [3.63, 3.8) is 0 Å². The molecule has 0 spiro atoms. The van der Waals surface area contributed by atoms with Crippen molar-refractivity contribution in [3.05, 3.63) is 0 Å². The molecule has 3 unspecified atom stereocenters. The Hall–Kier alpha value is -0.930. The van der Waals surface area contributed by atoms with Crippen LogP contribution >= 0.6 is 21.6 Å². The van der Waals surface area contributed by atoms with Crippen molar-refractivity contribution < 1.29 is 24.2 Å². The van der Waals surface area contributed by atoms with E-state index in [-0.39, 0.29) is 23.9 Å². The summed E-state index contributed by atoms with van der Waals surface area (Å²) in [6.07, 6.45) is 13.2. The average Bonchev–Trinajstić information content (AvgIpc) is 2.81. The van der Waals surface area contributed by atoms with Crippen LogP contribution in [0.5, 0.6) is 0 Å². The molecule has 0 aromatic carbocycles. The number of aliphatic carboxylic acids is 1. The van der Waals surface area contributed by atoms with Crippen molar-refractivity contribution in [2.24, 2.45) is 11.7 Å². The zero-order valence-corrected chi connectivity index (χ0v) is 24.0. The minimum absolute atomic E-state index is 0.103. The van der Waals surface area contributed by atoms with Gasteiger partial charge in [0.15, 0.2) is 0 Å². The third-order valence-corrected chi connectivity index (χ3v) is 8.49. The smallest absolute Gasteiger partial charge is 0.328 e. The van der Waals surface area contributed by atoms with Crippen LogP contribution in [0.1, 0.15) is 111 Å². The molecular weight excluding hydrogens is 484 g/mol. The van der Waals surface area contributed by atoms with Crippen molar-refractivity contribution >= 4 is 39.4 Å².